The molecule has 1 aromatic heterocycles. The first-order valence-corrected chi connectivity index (χ1v) is 5.37. The van der Waals surface area contributed by atoms with Crippen molar-refractivity contribution >= 4 is 5.97 Å². The molecule has 1 aromatic rings. The van der Waals surface area contributed by atoms with Crippen molar-refractivity contribution in [2.75, 3.05) is 13.1 Å². The lowest BCUT2D eigenvalue weighted by atomic mass is 9.87. The summed E-state index contributed by atoms with van der Waals surface area (Å²) in [6.45, 7) is 4.25. The summed E-state index contributed by atoms with van der Waals surface area (Å²) < 4.78 is 0. The van der Waals surface area contributed by atoms with Gasteiger partial charge in [-0.05, 0) is 12.0 Å². The van der Waals surface area contributed by atoms with Gasteiger partial charge in [-0.15, -0.1) is 0 Å². The van der Waals surface area contributed by atoms with Gasteiger partial charge < -0.3 is 5.11 Å². The van der Waals surface area contributed by atoms with Crippen molar-refractivity contribution in [2.24, 2.45) is 11.8 Å². The minimum atomic E-state index is -0.702. The highest BCUT2D eigenvalue weighted by Crippen LogP contribution is 2.24. The zero-order valence-electron chi connectivity index (χ0n) is 9.21. The fourth-order valence-electron chi connectivity index (χ4n) is 1.90. The van der Waals surface area contributed by atoms with Crippen molar-refractivity contribution in [1.29, 1.82) is 0 Å². The molecule has 1 aliphatic rings. The van der Waals surface area contributed by atoms with Crippen LogP contribution in [0.25, 0.3) is 0 Å². The Morgan fingerprint density at radius 3 is 3.00 bits per heavy atom. The summed E-state index contributed by atoms with van der Waals surface area (Å²) in [5.41, 5.74) is 0.983. The average Bonchev–Trinajstić information content (AvgIpc) is 2.23. The third kappa shape index (κ3) is 2.36. The van der Waals surface area contributed by atoms with Gasteiger partial charge in [0.1, 0.15) is 6.33 Å². The fraction of sp³-hybridized carbons (Fsp3) is 0.545. The number of hydrogen-bond acceptors (Lipinski definition) is 4. The van der Waals surface area contributed by atoms with E-state index in [2.05, 4.69) is 14.9 Å². The molecule has 0 aromatic carbocycles. The number of aromatic nitrogens is 2. The van der Waals surface area contributed by atoms with E-state index in [4.69, 9.17) is 5.11 Å². The number of hydrogen-bond donors (Lipinski definition) is 1. The van der Waals surface area contributed by atoms with Crippen molar-refractivity contribution in [3.63, 3.8) is 0 Å². The highest BCUT2D eigenvalue weighted by molar-refractivity contribution is 5.70. The minimum Gasteiger partial charge on any atom is -0.481 e. The maximum absolute atomic E-state index is 10.8. The fourth-order valence-corrected chi connectivity index (χ4v) is 1.90. The Balaban J connectivity index is 1.79. The summed E-state index contributed by atoms with van der Waals surface area (Å²) in [6, 6.07) is 1.88. The van der Waals surface area contributed by atoms with Crippen molar-refractivity contribution in [2.45, 2.75) is 13.5 Å². The number of likely N-dealkylation sites (tertiary alicyclic amines) is 1. The lowest BCUT2D eigenvalue weighted by Gasteiger charge is -2.41. The quantitative estimate of drug-likeness (QED) is 0.807. The van der Waals surface area contributed by atoms with E-state index in [1.165, 1.54) is 6.33 Å². The molecular weight excluding hydrogens is 206 g/mol. The van der Waals surface area contributed by atoms with Crippen LogP contribution < -0.4 is 0 Å². The van der Waals surface area contributed by atoms with E-state index in [0.29, 0.717) is 0 Å². The van der Waals surface area contributed by atoms with Gasteiger partial charge in [0.2, 0.25) is 0 Å². The van der Waals surface area contributed by atoms with E-state index in [-0.39, 0.29) is 11.8 Å². The lowest BCUT2D eigenvalue weighted by molar-refractivity contribution is -0.145. The largest absolute Gasteiger partial charge is 0.481 e. The first-order chi connectivity index (χ1) is 7.66. The molecule has 2 rings (SSSR count). The first-order valence-electron chi connectivity index (χ1n) is 5.37. The van der Waals surface area contributed by atoms with E-state index < -0.39 is 5.97 Å². The monoisotopic (exact) mass is 221 g/mol. The maximum atomic E-state index is 10.8. The van der Waals surface area contributed by atoms with E-state index in [1.54, 1.807) is 13.1 Å². The van der Waals surface area contributed by atoms with Gasteiger partial charge in [-0.2, -0.15) is 0 Å². The van der Waals surface area contributed by atoms with Gasteiger partial charge in [-0.25, -0.2) is 9.97 Å². The molecule has 0 bridgehead atoms. The Hall–Kier alpha value is -1.49. The second-order valence-electron chi connectivity index (χ2n) is 4.28. The zero-order chi connectivity index (χ0) is 11.5. The lowest BCUT2D eigenvalue weighted by Crippen LogP contribution is -2.50. The predicted octanol–water partition coefficient (Wildman–Crippen LogP) is 0.629. The Bertz CT molecular complexity index is 363. The van der Waals surface area contributed by atoms with Crippen molar-refractivity contribution < 1.29 is 9.90 Å². The number of nitrogens with zero attached hydrogens (tertiary/aromatic N) is 3. The van der Waals surface area contributed by atoms with Crippen LogP contribution in [0.2, 0.25) is 0 Å². The maximum Gasteiger partial charge on any atom is 0.306 e. The summed E-state index contributed by atoms with van der Waals surface area (Å²) in [6.07, 6.45) is 3.26. The smallest absolute Gasteiger partial charge is 0.306 e. The van der Waals surface area contributed by atoms with Gasteiger partial charge in [0.05, 0.1) is 11.6 Å². The van der Waals surface area contributed by atoms with Gasteiger partial charge in [-0.1, -0.05) is 6.92 Å². The Labute approximate surface area is 94.1 Å². The molecule has 0 saturated carbocycles. The highest BCUT2D eigenvalue weighted by atomic mass is 16.4. The summed E-state index contributed by atoms with van der Waals surface area (Å²) in [5, 5.41) is 8.85. The Kier molecular flexibility index (Phi) is 3.14. The third-order valence-corrected chi connectivity index (χ3v) is 3.11. The normalized spacial score (nSPS) is 19.1. The van der Waals surface area contributed by atoms with Crippen molar-refractivity contribution in [3.05, 3.63) is 24.3 Å². The van der Waals surface area contributed by atoms with E-state index >= 15 is 0 Å². The van der Waals surface area contributed by atoms with Crippen LogP contribution in [0.15, 0.2) is 18.6 Å². The average molecular weight is 221 g/mol. The number of rotatable bonds is 4. The molecule has 1 N–H and O–H groups in total. The first kappa shape index (κ1) is 11.0. The molecule has 86 valence electrons. The number of carboxylic acid groups (broad SMARTS) is 1. The zero-order valence-corrected chi connectivity index (χ0v) is 9.21. The molecule has 1 unspecified atom stereocenters. The highest BCUT2D eigenvalue weighted by Gasteiger charge is 2.34. The van der Waals surface area contributed by atoms with E-state index in [1.807, 2.05) is 6.07 Å². The molecule has 5 heteroatoms. The van der Waals surface area contributed by atoms with Crippen LogP contribution in [0.5, 0.6) is 0 Å². The van der Waals surface area contributed by atoms with Crippen LogP contribution >= 0.6 is 0 Å². The number of carbonyl (C=O) groups is 1. The van der Waals surface area contributed by atoms with E-state index in [9.17, 15) is 4.79 Å². The summed E-state index contributed by atoms with van der Waals surface area (Å²) >= 11 is 0. The van der Waals surface area contributed by atoms with Crippen LogP contribution in [-0.2, 0) is 11.3 Å². The van der Waals surface area contributed by atoms with Crippen molar-refractivity contribution in [1.82, 2.24) is 14.9 Å². The summed E-state index contributed by atoms with van der Waals surface area (Å²) in [4.78, 5) is 21.0. The van der Waals surface area contributed by atoms with Crippen LogP contribution in [0, 0.1) is 11.8 Å². The van der Waals surface area contributed by atoms with Gasteiger partial charge in [-0.3, -0.25) is 9.69 Å². The van der Waals surface area contributed by atoms with Crippen LogP contribution in [-0.4, -0.2) is 39.0 Å². The predicted molar refractivity (Wildman–Crippen MR) is 57.6 cm³/mol. The molecule has 0 spiro atoms. The second-order valence-corrected chi connectivity index (χ2v) is 4.28. The number of aliphatic carboxylic acids is 1. The Morgan fingerprint density at radius 2 is 2.44 bits per heavy atom. The molecule has 5 nitrogen and oxygen atoms in total. The summed E-state index contributed by atoms with van der Waals surface area (Å²) in [5.74, 6) is -0.673. The van der Waals surface area contributed by atoms with Crippen molar-refractivity contribution in [3.8, 4) is 0 Å². The van der Waals surface area contributed by atoms with Crippen LogP contribution in [0.3, 0.4) is 0 Å². The van der Waals surface area contributed by atoms with Gasteiger partial charge in [0.25, 0.3) is 0 Å². The molecule has 2 heterocycles. The molecule has 1 atom stereocenters. The van der Waals surface area contributed by atoms with Gasteiger partial charge in [0, 0.05) is 25.8 Å². The Morgan fingerprint density at radius 1 is 1.69 bits per heavy atom. The SMILES string of the molecule is CC(C(=O)O)C1CN(Cc2ccncn2)C1. The minimum absolute atomic E-state index is 0.248. The summed E-state index contributed by atoms with van der Waals surface area (Å²) in [7, 11) is 0. The number of carboxylic acids is 1. The molecule has 1 fully saturated rings. The topological polar surface area (TPSA) is 66.3 Å². The molecule has 16 heavy (non-hydrogen) atoms. The molecule has 0 aliphatic carbocycles. The van der Waals surface area contributed by atoms with Crippen LogP contribution in [0.1, 0.15) is 12.6 Å². The standard InChI is InChI=1S/C11H15N3O2/c1-8(11(15)16)9-4-14(5-9)6-10-2-3-12-7-13-10/h2-3,7-9H,4-6H2,1H3,(H,15,16). The van der Waals surface area contributed by atoms with Gasteiger partial charge >= 0.3 is 5.97 Å². The van der Waals surface area contributed by atoms with Crippen LogP contribution in [0.4, 0.5) is 0 Å². The second kappa shape index (κ2) is 4.57. The molecule has 0 amide bonds. The van der Waals surface area contributed by atoms with E-state index in [0.717, 1.165) is 25.3 Å². The third-order valence-electron chi connectivity index (χ3n) is 3.11. The molecule has 0 radical (unpaired) electrons. The van der Waals surface area contributed by atoms with Gasteiger partial charge in [0.15, 0.2) is 0 Å². The molecule has 1 aliphatic heterocycles. The molecular formula is C11H15N3O2. The molecule has 1 saturated heterocycles.